The van der Waals surface area contributed by atoms with Crippen LogP contribution in [0.3, 0.4) is 0 Å². The Hall–Kier alpha value is -0.640. The van der Waals surface area contributed by atoms with Crippen molar-refractivity contribution in [1.29, 1.82) is 0 Å². The van der Waals surface area contributed by atoms with Crippen LogP contribution in [0, 0.1) is 6.92 Å². The van der Waals surface area contributed by atoms with E-state index in [1.807, 2.05) is 11.3 Å². The van der Waals surface area contributed by atoms with Gasteiger partial charge in [-0.25, -0.2) is 0 Å². The second-order valence-corrected chi connectivity index (χ2v) is 7.10. The molecule has 3 heteroatoms. The summed E-state index contributed by atoms with van der Waals surface area (Å²) in [5.74, 6) is 0. The van der Waals surface area contributed by atoms with Gasteiger partial charge in [-0.05, 0) is 58.6 Å². The fourth-order valence-electron chi connectivity index (χ4n) is 2.21. The first kappa shape index (κ1) is 14.8. The summed E-state index contributed by atoms with van der Waals surface area (Å²) in [6.45, 7) is 7.48. The minimum absolute atomic E-state index is 0.298. The smallest absolute Gasteiger partial charge is 0.0731 e. The highest BCUT2D eigenvalue weighted by atomic mass is 79.9. The number of halogens is 1. The third-order valence-electron chi connectivity index (χ3n) is 3.26. The van der Waals surface area contributed by atoms with Crippen LogP contribution in [-0.2, 0) is 6.42 Å². The molecule has 102 valence electrons. The van der Waals surface area contributed by atoms with E-state index >= 15 is 0 Å². The van der Waals surface area contributed by atoms with Gasteiger partial charge in [0.15, 0.2) is 0 Å². The predicted octanol–water partition coefficient (Wildman–Crippen LogP) is 5.08. The molecule has 0 saturated heterocycles. The Bertz CT molecular complexity index is 528. The third kappa shape index (κ3) is 3.47. The lowest BCUT2D eigenvalue weighted by molar-refractivity contribution is 0.639. The maximum atomic E-state index is 3.63. The lowest BCUT2D eigenvalue weighted by atomic mass is 10.0. The van der Waals surface area contributed by atoms with Crippen LogP contribution in [0.25, 0.3) is 0 Å². The van der Waals surface area contributed by atoms with Crippen molar-refractivity contribution in [3.63, 3.8) is 0 Å². The highest BCUT2D eigenvalue weighted by Gasteiger charge is 2.16. The van der Waals surface area contributed by atoms with Crippen LogP contribution in [-0.4, -0.2) is 6.54 Å². The first-order valence-corrected chi connectivity index (χ1v) is 8.34. The second kappa shape index (κ2) is 6.69. The van der Waals surface area contributed by atoms with Crippen LogP contribution in [0.5, 0.6) is 0 Å². The summed E-state index contributed by atoms with van der Waals surface area (Å²) in [6, 6.07) is 11.5. The number of benzene rings is 1. The summed E-state index contributed by atoms with van der Waals surface area (Å²) in [5.41, 5.74) is 4.07. The van der Waals surface area contributed by atoms with Crippen molar-refractivity contribution in [2.45, 2.75) is 33.2 Å². The molecule has 1 nitrogen and oxygen atoms in total. The van der Waals surface area contributed by atoms with Crippen LogP contribution in [0.2, 0.25) is 0 Å². The highest BCUT2D eigenvalue weighted by Crippen LogP contribution is 2.34. The van der Waals surface area contributed by atoms with E-state index in [2.05, 4.69) is 72.3 Å². The van der Waals surface area contributed by atoms with Gasteiger partial charge in [0.05, 0.1) is 9.83 Å². The van der Waals surface area contributed by atoms with E-state index in [9.17, 15) is 0 Å². The van der Waals surface area contributed by atoms with Gasteiger partial charge >= 0.3 is 0 Å². The number of hydrogen-bond acceptors (Lipinski definition) is 2. The van der Waals surface area contributed by atoms with Crippen molar-refractivity contribution in [3.8, 4) is 0 Å². The molecule has 0 aliphatic carbocycles. The molecule has 2 aromatic rings. The molecule has 1 heterocycles. The molecule has 1 aromatic carbocycles. The Morgan fingerprint density at radius 2 is 2.05 bits per heavy atom. The molecule has 0 spiro atoms. The molecule has 1 unspecified atom stereocenters. The summed E-state index contributed by atoms with van der Waals surface area (Å²) in [7, 11) is 0. The maximum Gasteiger partial charge on any atom is 0.0731 e. The van der Waals surface area contributed by atoms with Crippen molar-refractivity contribution in [1.82, 2.24) is 5.32 Å². The van der Waals surface area contributed by atoms with Crippen LogP contribution >= 0.6 is 27.3 Å². The number of aryl methyl sites for hydroxylation is 2. The molecule has 0 fully saturated rings. The van der Waals surface area contributed by atoms with E-state index in [4.69, 9.17) is 0 Å². The van der Waals surface area contributed by atoms with Gasteiger partial charge in [0.25, 0.3) is 0 Å². The summed E-state index contributed by atoms with van der Waals surface area (Å²) in [5, 5.41) is 3.60. The number of nitrogens with one attached hydrogen (secondary N) is 1. The van der Waals surface area contributed by atoms with Gasteiger partial charge in [0, 0.05) is 4.88 Å². The van der Waals surface area contributed by atoms with E-state index in [1.165, 1.54) is 25.4 Å². The average molecular weight is 338 g/mol. The number of hydrogen-bond donors (Lipinski definition) is 1. The fourth-order valence-corrected chi connectivity index (χ4v) is 3.88. The van der Waals surface area contributed by atoms with Gasteiger partial charge in [0.2, 0.25) is 0 Å². The van der Waals surface area contributed by atoms with Crippen LogP contribution in [0.4, 0.5) is 0 Å². The Balaban J connectivity index is 2.38. The Morgan fingerprint density at radius 1 is 1.26 bits per heavy atom. The molecule has 0 saturated carbocycles. The molecule has 0 aliphatic rings. The van der Waals surface area contributed by atoms with Gasteiger partial charge in [-0.15, -0.1) is 11.3 Å². The van der Waals surface area contributed by atoms with Gasteiger partial charge in [-0.3, -0.25) is 0 Å². The van der Waals surface area contributed by atoms with Gasteiger partial charge in [0.1, 0.15) is 0 Å². The molecular weight excluding hydrogens is 318 g/mol. The van der Waals surface area contributed by atoms with E-state index < -0.39 is 0 Å². The van der Waals surface area contributed by atoms with Crippen molar-refractivity contribution in [3.05, 3.63) is 55.7 Å². The van der Waals surface area contributed by atoms with Crippen LogP contribution in [0.1, 0.15) is 41.5 Å². The van der Waals surface area contributed by atoms with Crippen molar-refractivity contribution >= 4 is 27.3 Å². The first-order valence-electron chi connectivity index (χ1n) is 6.73. The first-order chi connectivity index (χ1) is 9.15. The zero-order chi connectivity index (χ0) is 13.8. The molecule has 1 N–H and O–H groups in total. The summed E-state index contributed by atoms with van der Waals surface area (Å²) >= 11 is 5.45. The van der Waals surface area contributed by atoms with Crippen molar-refractivity contribution < 1.29 is 0 Å². The number of rotatable bonds is 5. The Kier molecular flexibility index (Phi) is 5.20. The van der Waals surface area contributed by atoms with Gasteiger partial charge in [-0.2, -0.15) is 0 Å². The lowest BCUT2D eigenvalue weighted by Crippen LogP contribution is -2.21. The second-order valence-electron chi connectivity index (χ2n) is 4.69. The average Bonchev–Trinajstić information content (AvgIpc) is 2.75. The minimum Gasteiger partial charge on any atom is -0.306 e. The quantitative estimate of drug-likeness (QED) is 0.802. The maximum absolute atomic E-state index is 3.63. The summed E-state index contributed by atoms with van der Waals surface area (Å²) in [4.78, 5) is 1.37. The largest absolute Gasteiger partial charge is 0.306 e. The zero-order valence-corrected chi connectivity index (χ0v) is 14.1. The molecule has 1 aromatic heterocycles. The zero-order valence-electron chi connectivity index (χ0n) is 11.7. The van der Waals surface area contributed by atoms with E-state index in [-0.39, 0.29) is 0 Å². The molecule has 19 heavy (non-hydrogen) atoms. The SMILES string of the molecule is CCNC(c1cccc(CC)c1)c1cc(C)c(Br)s1. The van der Waals surface area contributed by atoms with Gasteiger partial charge < -0.3 is 5.32 Å². The molecule has 0 bridgehead atoms. The topological polar surface area (TPSA) is 12.0 Å². The van der Waals surface area contributed by atoms with E-state index in [0.29, 0.717) is 6.04 Å². The van der Waals surface area contributed by atoms with Crippen molar-refractivity contribution in [2.75, 3.05) is 6.54 Å². The predicted molar refractivity (Wildman–Crippen MR) is 88.1 cm³/mol. The fraction of sp³-hybridized carbons (Fsp3) is 0.375. The van der Waals surface area contributed by atoms with Crippen LogP contribution < -0.4 is 5.32 Å². The molecule has 2 rings (SSSR count). The third-order valence-corrected chi connectivity index (χ3v) is 5.46. The van der Waals surface area contributed by atoms with Crippen molar-refractivity contribution in [2.24, 2.45) is 0 Å². The highest BCUT2D eigenvalue weighted by molar-refractivity contribution is 9.11. The molecular formula is C16H20BrNS. The van der Waals surface area contributed by atoms with Gasteiger partial charge in [-0.1, -0.05) is 38.1 Å². The summed E-state index contributed by atoms with van der Waals surface area (Å²) in [6.07, 6.45) is 1.08. The van der Waals surface area contributed by atoms with Crippen LogP contribution in [0.15, 0.2) is 34.1 Å². The Labute approximate surface area is 128 Å². The Morgan fingerprint density at radius 3 is 2.63 bits per heavy atom. The molecule has 0 radical (unpaired) electrons. The van der Waals surface area contributed by atoms with E-state index in [0.717, 1.165) is 13.0 Å². The van der Waals surface area contributed by atoms with E-state index in [1.54, 1.807) is 0 Å². The minimum atomic E-state index is 0.298. The molecule has 1 atom stereocenters. The molecule has 0 amide bonds. The monoisotopic (exact) mass is 337 g/mol. The normalized spacial score (nSPS) is 12.6. The standard InChI is InChI=1S/C16H20BrNS/c1-4-12-7-6-8-13(10-12)15(18-5-2)14-9-11(3)16(17)19-14/h6-10,15,18H,4-5H2,1-3H3. The molecule has 0 aliphatic heterocycles. The lowest BCUT2D eigenvalue weighted by Gasteiger charge is -2.17. The summed E-state index contributed by atoms with van der Waals surface area (Å²) < 4.78 is 1.23. The number of thiophene rings is 1.